The van der Waals surface area contributed by atoms with Crippen LogP contribution in [0.1, 0.15) is 22.3 Å². The van der Waals surface area contributed by atoms with Crippen LogP contribution in [0.15, 0.2) is 188 Å². The summed E-state index contributed by atoms with van der Waals surface area (Å²) in [5, 5.41) is 2.48. The Bertz CT molecular complexity index is 2840. The third kappa shape index (κ3) is 4.08. The van der Waals surface area contributed by atoms with Gasteiger partial charge in [0.15, 0.2) is 0 Å². The van der Waals surface area contributed by atoms with Crippen molar-refractivity contribution < 1.29 is 9.47 Å². The summed E-state index contributed by atoms with van der Waals surface area (Å²) in [7, 11) is 0. The van der Waals surface area contributed by atoms with Gasteiger partial charge in [-0.25, -0.2) is 0 Å². The zero-order chi connectivity index (χ0) is 34.2. The monoisotopic (exact) mass is 665 g/mol. The third-order valence-electron chi connectivity index (χ3n) is 10.9. The minimum atomic E-state index is -0.647. The third-order valence-corrected chi connectivity index (χ3v) is 10.9. The Morgan fingerprint density at radius 3 is 1.48 bits per heavy atom. The highest BCUT2D eigenvalue weighted by atomic mass is 16.5. The lowest BCUT2D eigenvalue weighted by Gasteiger charge is -2.45. The summed E-state index contributed by atoms with van der Waals surface area (Å²) < 4.78 is 16.0. The van der Waals surface area contributed by atoms with E-state index in [1.165, 1.54) is 21.8 Å². The number of rotatable bonds is 3. The van der Waals surface area contributed by atoms with Gasteiger partial charge in [-0.3, -0.25) is 0 Å². The second kappa shape index (κ2) is 11.1. The largest absolute Gasteiger partial charge is 0.457 e. The molecule has 244 valence electrons. The second-order valence-corrected chi connectivity index (χ2v) is 13.7. The van der Waals surface area contributed by atoms with Crippen LogP contribution in [0.25, 0.3) is 49.7 Å². The van der Waals surface area contributed by atoms with E-state index in [2.05, 4.69) is 193 Å². The van der Waals surface area contributed by atoms with Crippen LogP contribution in [0, 0.1) is 0 Å². The summed E-state index contributed by atoms with van der Waals surface area (Å²) in [5.41, 5.74) is 11.8. The molecule has 3 heterocycles. The van der Waals surface area contributed by atoms with Gasteiger partial charge in [-0.1, -0.05) is 140 Å². The van der Waals surface area contributed by atoms with Gasteiger partial charge in [-0.15, -0.1) is 0 Å². The minimum Gasteiger partial charge on any atom is -0.457 e. The van der Waals surface area contributed by atoms with Gasteiger partial charge in [-0.05, 0) is 70.8 Å². The predicted molar refractivity (Wildman–Crippen MR) is 210 cm³/mol. The normalized spacial score (nSPS) is 15.3. The van der Waals surface area contributed by atoms with Crippen LogP contribution >= 0.6 is 0 Å². The Morgan fingerprint density at radius 2 is 0.808 bits per heavy atom. The topological polar surface area (TPSA) is 23.4 Å². The van der Waals surface area contributed by atoms with Crippen molar-refractivity contribution in [3.8, 4) is 50.9 Å². The van der Waals surface area contributed by atoms with Crippen molar-refractivity contribution in [2.45, 2.75) is 5.41 Å². The maximum atomic E-state index is 6.87. The average molecular weight is 666 g/mol. The summed E-state index contributed by atoms with van der Waals surface area (Å²) in [5.74, 6) is 3.40. The summed E-state index contributed by atoms with van der Waals surface area (Å²) >= 11 is 0. The van der Waals surface area contributed by atoms with E-state index in [0.29, 0.717) is 0 Å². The Balaban J connectivity index is 1.14. The first-order valence-electron chi connectivity index (χ1n) is 17.8. The number of hydrogen-bond donors (Lipinski definition) is 0. The van der Waals surface area contributed by atoms with Crippen LogP contribution in [0.2, 0.25) is 0 Å². The molecule has 0 fully saturated rings. The van der Waals surface area contributed by atoms with Gasteiger partial charge in [0.05, 0.1) is 16.4 Å². The Labute approximate surface area is 301 Å². The van der Waals surface area contributed by atoms with E-state index in [1.54, 1.807) is 0 Å². The summed E-state index contributed by atoms with van der Waals surface area (Å²) in [6.07, 6.45) is 0. The van der Waals surface area contributed by atoms with Gasteiger partial charge in [0.1, 0.15) is 23.0 Å². The molecule has 0 saturated heterocycles. The van der Waals surface area contributed by atoms with Crippen molar-refractivity contribution in [2.24, 2.45) is 0 Å². The molecule has 3 nitrogen and oxygen atoms in total. The maximum absolute atomic E-state index is 6.87. The van der Waals surface area contributed by atoms with Crippen LogP contribution in [-0.4, -0.2) is 4.57 Å². The number of ether oxygens (including phenoxy) is 2. The highest BCUT2D eigenvalue weighted by molar-refractivity contribution is 6.10. The van der Waals surface area contributed by atoms with Crippen molar-refractivity contribution in [1.82, 2.24) is 4.57 Å². The van der Waals surface area contributed by atoms with E-state index < -0.39 is 5.41 Å². The summed E-state index contributed by atoms with van der Waals surface area (Å²) in [4.78, 5) is 0. The molecular weight excluding hydrogens is 635 g/mol. The zero-order valence-corrected chi connectivity index (χ0v) is 28.2. The Morgan fingerprint density at radius 1 is 0.327 bits per heavy atom. The molecule has 11 rings (SSSR count). The van der Waals surface area contributed by atoms with Crippen LogP contribution in [0.4, 0.5) is 0 Å². The smallest absolute Gasteiger partial charge is 0.132 e. The van der Waals surface area contributed by atoms with E-state index in [4.69, 9.17) is 9.47 Å². The molecule has 9 aromatic rings. The molecule has 1 aromatic heterocycles. The fourth-order valence-electron chi connectivity index (χ4n) is 8.67. The number of para-hydroxylation sites is 4. The quantitative estimate of drug-likeness (QED) is 0.187. The van der Waals surface area contributed by atoms with Gasteiger partial charge >= 0.3 is 0 Å². The van der Waals surface area contributed by atoms with Gasteiger partial charge in [0, 0.05) is 38.7 Å². The van der Waals surface area contributed by atoms with Crippen LogP contribution in [0.3, 0.4) is 0 Å². The van der Waals surface area contributed by atoms with E-state index in [9.17, 15) is 0 Å². The van der Waals surface area contributed by atoms with E-state index in [1.807, 2.05) is 0 Å². The molecule has 1 unspecified atom stereocenters. The first-order valence-corrected chi connectivity index (χ1v) is 17.8. The first-order chi connectivity index (χ1) is 25.8. The van der Waals surface area contributed by atoms with Crippen LogP contribution in [0.5, 0.6) is 23.0 Å². The second-order valence-electron chi connectivity index (χ2n) is 13.7. The molecule has 1 spiro atoms. The lowest BCUT2D eigenvalue weighted by atomic mass is 9.62. The lowest BCUT2D eigenvalue weighted by Crippen LogP contribution is -2.36. The fraction of sp³-hybridized carbons (Fsp3) is 0.0204. The summed E-state index contributed by atoms with van der Waals surface area (Å²) in [6.45, 7) is 0. The molecule has 52 heavy (non-hydrogen) atoms. The number of hydrogen-bond acceptors (Lipinski definition) is 2. The number of benzene rings is 8. The Kier molecular flexibility index (Phi) is 6.17. The molecular formula is C49H31NO2. The lowest BCUT2D eigenvalue weighted by molar-refractivity contribution is 0.399. The van der Waals surface area contributed by atoms with Crippen molar-refractivity contribution >= 4 is 21.8 Å². The van der Waals surface area contributed by atoms with Crippen molar-refractivity contribution in [3.05, 3.63) is 210 Å². The predicted octanol–water partition coefficient (Wildman–Crippen LogP) is 12.7. The highest BCUT2D eigenvalue weighted by Gasteiger charge is 2.50. The zero-order valence-electron chi connectivity index (χ0n) is 28.2. The molecule has 1 atom stereocenters. The number of fused-ring (bicyclic) bond motifs is 11. The molecule has 0 saturated carbocycles. The standard InChI is InChI=1S/C49H31NO2/c1-3-13-32(14-4-1)34-24-27-41-47(30-34)51-45-21-11-8-18-39(45)49(41)40-19-9-12-22-46(40)52-48-31-35(25-28-42(48)49)33-23-26-38-37-17-7-10-20-43(37)50(44(38)29-33)36-15-5-2-6-16-36/h1-31H. The molecule has 3 heteroatoms. The van der Waals surface area contributed by atoms with Gasteiger partial charge < -0.3 is 14.0 Å². The molecule has 2 aliphatic heterocycles. The summed E-state index contributed by atoms with van der Waals surface area (Å²) in [6, 6.07) is 66.9. The number of aromatic nitrogens is 1. The van der Waals surface area contributed by atoms with E-state index in [0.717, 1.165) is 73.2 Å². The maximum Gasteiger partial charge on any atom is 0.132 e. The molecule has 0 amide bonds. The van der Waals surface area contributed by atoms with Crippen molar-refractivity contribution in [2.75, 3.05) is 0 Å². The first kappa shape index (κ1) is 28.9. The number of nitrogens with zero attached hydrogens (tertiary/aromatic N) is 1. The molecule has 0 bridgehead atoms. The fourth-order valence-corrected chi connectivity index (χ4v) is 8.67. The molecule has 0 radical (unpaired) electrons. The van der Waals surface area contributed by atoms with Gasteiger partial charge in [0.2, 0.25) is 0 Å². The van der Waals surface area contributed by atoms with Crippen molar-refractivity contribution in [3.63, 3.8) is 0 Å². The van der Waals surface area contributed by atoms with Gasteiger partial charge in [-0.2, -0.15) is 0 Å². The van der Waals surface area contributed by atoms with E-state index >= 15 is 0 Å². The Hall–Kier alpha value is -6.84. The van der Waals surface area contributed by atoms with Crippen LogP contribution in [-0.2, 0) is 5.41 Å². The van der Waals surface area contributed by atoms with Crippen LogP contribution < -0.4 is 9.47 Å². The SMILES string of the molecule is c1ccc(-c2ccc3c(c2)Oc2ccccc2C32c3ccccc3Oc3cc(-c4ccc5c6ccccc6n(-c6ccccc6)c5c4)ccc32)cc1. The average Bonchev–Trinajstić information content (AvgIpc) is 3.54. The molecule has 0 N–H and O–H groups in total. The molecule has 2 aliphatic rings. The minimum absolute atomic E-state index is 0.647. The van der Waals surface area contributed by atoms with Crippen molar-refractivity contribution in [1.29, 1.82) is 0 Å². The van der Waals surface area contributed by atoms with E-state index in [-0.39, 0.29) is 0 Å². The molecule has 8 aromatic carbocycles. The highest BCUT2D eigenvalue weighted by Crippen LogP contribution is 2.62. The van der Waals surface area contributed by atoms with Gasteiger partial charge in [0.25, 0.3) is 0 Å². The molecule has 0 aliphatic carbocycles.